The number of pyridine rings is 1. The zero-order valence-corrected chi connectivity index (χ0v) is 13.9. The summed E-state index contributed by atoms with van der Waals surface area (Å²) in [6.07, 6.45) is 3.31. The molecule has 0 fully saturated rings. The Morgan fingerprint density at radius 3 is 2.88 bits per heavy atom. The Kier molecular flexibility index (Phi) is 3.96. The van der Waals surface area contributed by atoms with Crippen LogP contribution in [0.25, 0.3) is 22.4 Å². The van der Waals surface area contributed by atoms with Gasteiger partial charge in [0.25, 0.3) is 0 Å². The molecule has 2 aromatic carbocycles. The minimum atomic E-state index is -0.349. The van der Waals surface area contributed by atoms with Gasteiger partial charge in [0.2, 0.25) is 0 Å². The summed E-state index contributed by atoms with van der Waals surface area (Å²) >= 11 is 7.53. The molecule has 0 saturated carbocycles. The lowest BCUT2D eigenvalue weighted by molar-refractivity contribution is 0.631. The third-order valence-corrected chi connectivity index (χ3v) is 4.69. The van der Waals surface area contributed by atoms with Gasteiger partial charge in [0.05, 0.1) is 22.6 Å². The summed E-state index contributed by atoms with van der Waals surface area (Å²) in [5.41, 5.74) is 3.65. The third-order valence-electron chi connectivity index (χ3n) is 3.69. The first-order valence-electron chi connectivity index (χ1n) is 7.22. The molecule has 0 radical (unpaired) electrons. The number of nitrogens with one attached hydrogen (secondary N) is 1. The van der Waals surface area contributed by atoms with Crippen molar-refractivity contribution in [1.29, 1.82) is 0 Å². The average Bonchev–Trinajstić information content (AvgIpc) is 2.63. The second kappa shape index (κ2) is 6.26. The zero-order valence-electron chi connectivity index (χ0n) is 12.3. The van der Waals surface area contributed by atoms with Crippen molar-refractivity contribution in [2.75, 3.05) is 0 Å². The van der Waals surface area contributed by atoms with Gasteiger partial charge in [-0.15, -0.1) is 0 Å². The van der Waals surface area contributed by atoms with Crippen LogP contribution in [0.4, 0.5) is 10.1 Å². The van der Waals surface area contributed by atoms with E-state index >= 15 is 0 Å². The summed E-state index contributed by atoms with van der Waals surface area (Å²) in [6, 6.07) is 14.2. The maximum absolute atomic E-state index is 14.3. The normalized spacial score (nSPS) is 12.6. The van der Waals surface area contributed by atoms with Crippen LogP contribution in [-0.4, -0.2) is 11.3 Å². The molecule has 118 valence electrons. The molecule has 0 aliphatic carbocycles. The van der Waals surface area contributed by atoms with Gasteiger partial charge in [-0.05, 0) is 53.9 Å². The molecular formula is C18H11ClFN3S. The second-order valence-electron chi connectivity index (χ2n) is 5.18. The van der Waals surface area contributed by atoms with Crippen LogP contribution in [0.3, 0.4) is 0 Å². The highest BCUT2D eigenvalue weighted by Gasteiger charge is 2.15. The highest BCUT2D eigenvalue weighted by Crippen LogP contribution is 2.38. The molecule has 0 atom stereocenters. The maximum atomic E-state index is 14.3. The Morgan fingerprint density at radius 2 is 1.96 bits per heavy atom. The van der Waals surface area contributed by atoms with Crippen LogP contribution in [0.5, 0.6) is 0 Å². The van der Waals surface area contributed by atoms with E-state index in [0.717, 1.165) is 21.7 Å². The summed E-state index contributed by atoms with van der Waals surface area (Å²) in [7, 11) is 0. The standard InChI is InChI=1S/C18H11ClFN3S/c19-12-4-5-15(20)14(9-12)18-13(2-1-7-21-18)11-3-6-16-17(8-11)24-23-10-22-16/h1-10H,(H,22,23). The van der Waals surface area contributed by atoms with Crippen molar-refractivity contribution in [3.8, 4) is 22.4 Å². The van der Waals surface area contributed by atoms with Crippen molar-refractivity contribution >= 4 is 35.6 Å². The van der Waals surface area contributed by atoms with Crippen molar-refractivity contribution in [3.05, 3.63) is 65.6 Å². The van der Waals surface area contributed by atoms with E-state index in [1.807, 2.05) is 30.3 Å². The fourth-order valence-corrected chi connectivity index (χ4v) is 3.40. The van der Waals surface area contributed by atoms with Gasteiger partial charge in [-0.1, -0.05) is 23.7 Å². The van der Waals surface area contributed by atoms with Crippen LogP contribution in [0.1, 0.15) is 0 Å². The largest absolute Gasteiger partial charge is 0.316 e. The quantitative estimate of drug-likeness (QED) is 0.618. The number of hydrogen-bond acceptors (Lipinski definition) is 4. The summed E-state index contributed by atoms with van der Waals surface area (Å²) in [6.45, 7) is 0. The van der Waals surface area contributed by atoms with Gasteiger partial charge in [-0.2, -0.15) is 0 Å². The smallest absolute Gasteiger partial charge is 0.132 e. The van der Waals surface area contributed by atoms with Gasteiger partial charge in [0, 0.05) is 22.3 Å². The summed E-state index contributed by atoms with van der Waals surface area (Å²) in [4.78, 5) is 9.68. The minimum absolute atomic E-state index is 0.349. The molecule has 1 N–H and O–H groups in total. The number of nitrogens with zero attached hydrogens (tertiary/aromatic N) is 2. The molecule has 0 bridgehead atoms. The molecule has 4 rings (SSSR count). The fraction of sp³-hybridized carbons (Fsp3) is 0. The second-order valence-corrected chi connectivity index (χ2v) is 6.50. The molecule has 24 heavy (non-hydrogen) atoms. The molecule has 0 saturated heterocycles. The zero-order chi connectivity index (χ0) is 16.5. The molecule has 0 spiro atoms. The van der Waals surface area contributed by atoms with Gasteiger partial charge in [-0.25, -0.2) is 9.38 Å². The van der Waals surface area contributed by atoms with Gasteiger partial charge >= 0.3 is 0 Å². The Hall–Kier alpha value is -2.37. The van der Waals surface area contributed by atoms with Crippen molar-refractivity contribution in [1.82, 2.24) is 9.71 Å². The Morgan fingerprint density at radius 1 is 1.04 bits per heavy atom. The monoisotopic (exact) mass is 355 g/mol. The van der Waals surface area contributed by atoms with E-state index in [2.05, 4.69) is 14.7 Å². The lowest BCUT2D eigenvalue weighted by Crippen LogP contribution is -2.02. The molecule has 1 aliphatic rings. The topological polar surface area (TPSA) is 37.3 Å². The van der Waals surface area contributed by atoms with E-state index in [0.29, 0.717) is 16.3 Å². The van der Waals surface area contributed by atoms with Crippen LogP contribution in [0, 0.1) is 5.82 Å². The van der Waals surface area contributed by atoms with E-state index < -0.39 is 0 Å². The first kappa shape index (κ1) is 15.2. The molecular weight excluding hydrogens is 345 g/mol. The Balaban J connectivity index is 1.88. The lowest BCUT2D eigenvalue weighted by atomic mass is 9.99. The van der Waals surface area contributed by atoms with Gasteiger partial charge < -0.3 is 4.72 Å². The number of halogens is 2. The summed E-state index contributed by atoms with van der Waals surface area (Å²) in [5, 5.41) is 0.475. The highest BCUT2D eigenvalue weighted by molar-refractivity contribution is 7.98. The molecule has 0 amide bonds. The van der Waals surface area contributed by atoms with Crippen LogP contribution in [0.15, 0.2) is 64.6 Å². The van der Waals surface area contributed by atoms with E-state index in [-0.39, 0.29) is 5.82 Å². The van der Waals surface area contributed by atoms with Crippen LogP contribution in [-0.2, 0) is 0 Å². The van der Waals surface area contributed by atoms with Crippen molar-refractivity contribution < 1.29 is 4.39 Å². The van der Waals surface area contributed by atoms with Gasteiger partial charge in [0.15, 0.2) is 0 Å². The van der Waals surface area contributed by atoms with Gasteiger partial charge in [-0.3, -0.25) is 4.98 Å². The first-order chi connectivity index (χ1) is 11.7. The molecule has 2 heterocycles. The SMILES string of the molecule is Fc1ccc(Cl)cc1-c1ncccc1-c1ccc2c(c1)SNC=N2. The molecule has 0 unspecified atom stereocenters. The van der Waals surface area contributed by atoms with Crippen LogP contribution < -0.4 is 4.72 Å². The fourth-order valence-electron chi connectivity index (χ4n) is 2.59. The van der Waals surface area contributed by atoms with E-state index in [9.17, 15) is 4.39 Å². The Labute approximate surface area is 147 Å². The summed E-state index contributed by atoms with van der Waals surface area (Å²) in [5.74, 6) is -0.349. The van der Waals surface area contributed by atoms with Crippen LogP contribution >= 0.6 is 23.5 Å². The van der Waals surface area contributed by atoms with Crippen molar-refractivity contribution in [3.63, 3.8) is 0 Å². The minimum Gasteiger partial charge on any atom is -0.316 e. The number of aliphatic imine (C=N–C) groups is 1. The molecule has 1 aliphatic heterocycles. The van der Waals surface area contributed by atoms with Crippen molar-refractivity contribution in [2.24, 2.45) is 4.99 Å². The molecule has 6 heteroatoms. The first-order valence-corrected chi connectivity index (χ1v) is 8.41. The molecule has 3 aromatic rings. The van der Waals surface area contributed by atoms with Crippen molar-refractivity contribution in [2.45, 2.75) is 4.90 Å². The maximum Gasteiger partial charge on any atom is 0.132 e. The van der Waals surface area contributed by atoms with E-state index in [4.69, 9.17) is 11.6 Å². The number of rotatable bonds is 2. The Bertz CT molecular complexity index is 959. The third kappa shape index (κ3) is 2.77. The molecule has 1 aromatic heterocycles. The number of fused-ring (bicyclic) bond motifs is 1. The summed E-state index contributed by atoms with van der Waals surface area (Å²) < 4.78 is 17.3. The number of benzene rings is 2. The van der Waals surface area contributed by atoms with Gasteiger partial charge in [0.1, 0.15) is 5.82 Å². The van der Waals surface area contributed by atoms with Crippen LogP contribution in [0.2, 0.25) is 5.02 Å². The number of aromatic nitrogens is 1. The molecule has 3 nitrogen and oxygen atoms in total. The predicted octanol–water partition coefficient (Wildman–Crippen LogP) is 5.48. The highest BCUT2D eigenvalue weighted by atomic mass is 35.5. The number of hydrogen-bond donors (Lipinski definition) is 1. The average molecular weight is 356 g/mol. The van der Waals surface area contributed by atoms with E-state index in [1.165, 1.54) is 24.1 Å². The predicted molar refractivity (Wildman–Crippen MR) is 97.2 cm³/mol. The van der Waals surface area contributed by atoms with E-state index in [1.54, 1.807) is 18.6 Å². The lowest BCUT2D eigenvalue weighted by Gasteiger charge is -2.14.